The molecule has 0 fully saturated rings. The van der Waals surface area contributed by atoms with E-state index in [-0.39, 0.29) is 0 Å². The monoisotopic (exact) mass is 174 g/mol. The number of benzene rings is 1. The topological polar surface area (TPSA) is 9.23 Å². The average Bonchev–Trinajstić information content (AvgIpc) is 2.16. The lowest BCUT2D eigenvalue weighted by Crippen LogP contribution is -1.94. The van der Waals surface area contributed by atoms with Crippen LogP contribution in [0.15, 0.2) is 18.2 Å². The molecule has 13 heavy (non-hydrogen) atoms. The maximum absolute atomic E-state index is 5.32. The fraction of sp³-hybridized carbons (Fsp3) is 0.333. The van der Waals surface area contributed by atoms with Gasteiger partial charge in [-0.1, -0.05) is 19.8 Å². The number of terminal acetylenes is 1. The second-order valence-corrected chi connectivity index (χ2v) is 3.26. The summed E-state index contributed by atoms with van der Waals surface area (Å²) >= 11 is 0. The molecular formula is C12H14O. The zero-order chi connectivity index (χ0) is 9.84. The van der Waals surface area contributed by atoms with Crippen LogP contribution >= 0.6 is 0 Å². The van der Waals surface area contributed by atoms with Crippen LogP contribution in [0.2, 0.25) is 0 Å². The second kappa shape index (κ2) is 4.00. The standard InChI is InChI=1S/C12H14O/c1-5-10-6-7-12(13-4)11(8-10)9(2)3/h1,6-9H,2-4H3. The fourth-order valence-electron chi connectivity index (χ4n) is 1.28. The minimum atomic E-state index is 0.434. The van der Waals surface area contributed by atoms with Crippen LogP contribution in [0.4, 0.5) is 0 Å². The van der Waals surface area contributed by atoms with Gasteiger partial charge in [0, 0.05) is 5.56 Å². The Morgan fingerprint density at radius 2 is 2.08 bits per heavy atom. The lowest BCUT2D eigenvalue weighted by Gasteiger charge is -2.11. The minimum Gasteiger partial charge on any atom is -0.496 e. The zero-order valence-corrected chi connectivity index (χ0v) is 8.29. The van der Waals surface area contributed by atoms with Crippen molar-refractivity contribution in [1.29, 1.82) is 0 Å². The smallest absolute Gasteiger partial charge is 0.122 e. The van der Waals surface area contributed by atoms with E-state index < -0.39 is 0 Å². The third kappa shape index (κ3) is 2.03. The molecule has 0 radical (unpaired) electrons. The summed E-state index contributed by atoms with van der Waals surface area (Å²) in [6, 6.07) is 5.82. The first-order chi connectivity index (χ1) is 6.19. The third-order valence-electron chi connectivity index (χ3n) is 2.02. The summed E-state index contributed by atoms with van der Waals surface area (Å²) in [5.74, 6) is 3.96. The Balaban J connectivity index is 3.20. The first-order valence-corrected chi connectivity index (χ1v) is 4.33. The van der Waals surface area contributed by atoms with Crippen LogP contribution in [-0.2, 0) is 0 Å². The molecule has 1 aromatic carbocycles. The van der Waals surface area contributed by atoms with Crippen LogP contribution in [-0.4, -0.2) is 7.11 Å². The molecule has 0 saturated heterocycles. The molecule has 0 aliphatic rings. The van der Waals surface area contributed by atoms with Crippen molar-refractivity contribution in [3.8, 4) is 18.1 Å². The Bertz CT molecular complexity index is 331. The van der Waals surface area contributed by atoms with E-state index in [0.29, 0.717) is 5.92 Å². The molecule has 0 aromatic heterocycles. The van der Waals surface area contributed by atoms with Crippen LogP contribution in [0.1, 0.15) is 30.9 Å². The molecule has 0 amide bonds. The van der Waals surface area contributed by atoms with Crippen molar-refractivity contribution in [1.82, 2.24) is 0 Å². The summed E-state index contributed by atoms with van der Waals surface area (Å²) in [4.78, 5) is 0. The number of hydrogen-bond donors (Lipinski definition) is 0. The molecule has 0 spiro atoms. The van der Waals surface area contributed by atoms with E-state index in [2.05, 4.69) is 19.8 Å². The van der Waals surface area contributed by atoms with Crippen molar-refractivity contribution in [3.63, 3.8) is 0 Å². The summed E-state index contributed by atoms with van der Waals surface area (Å²) < 4.78 is 5.24. The van der Waals surface area contributed by atoms with Crippen LogP contribution in [0, 0.1) is 12.3 Å². The number of hydrogen-bond acceptors (Lipinski definition) is 1. The van der Waals surface area contributed by atoms with E-state index in [1.54, 1.807) is 7.11 Å². The highest BCUT2D eigenvalue weighted by Gasteiger charge is 2.06. The molecule has 1 aromatic rings. The van der Waals surface area contributed by atoms with Gasteiger partial charge in [0.15, 0.2) is 0 Å². The highest BCUT2D eigenvalue weighted by Crippen LogP contribution is 2.26. The highest BCUT2D eigenvalue weighted by molar-refractivity contribution is 5.44. The summed E-state index contributed by atoms with van der Waals surface area (Å²) in [5, 5.41) is 0. The minimum absolute atomic E-state index is 0.434. The lowest BCUT2D eigenvalue weighted by molar-refractivity contribution is 0.407. The van der Waals surface area contributed by atoms with E-state index in [9.17, 15) is 0 Å². The Hall–Kier alpha value is -1.42. The summed E-state index contributed by atoms with van der Waals surface area (Å²) in [5.41, 5.74) is 2.07. The Morgan fingerprint density at radius 1 is 1.38 bits per heavy atom. The van der Waals surface area contributed by atoms with Crippen molar-refractivity contribution < 1.29 is 4.74 Å². The van der Waals surface area contributed by atoms with Crippen molar-refractivity contribution >= 4 is 0 Å². The van der Waals surface area contributed by atoms with E-state index in [0.717, 1.165) is 16.9 Å². The number of ether oxygens (including phenoxy) is 1. The zero-order valence-electron chi connectivity index (χ0n) is 8.29. The van der Waals surface area contributed by atoms with Crippen molar-refractivity contribution in [2.24, 2.45) is 0 Å². The molecule has 0 heterocycles. The predicted molar refractivity (Wildman–Crippen MR) is 55.0 cm³/mol. The summed E-state index contributed by atoms with van der Waals surface area (Å²) in [6.07, 6.45) is 5.32. The Morgan fingerprint density at radius 3 is 2.54 bits per heavy atom. The van der Waals surface area contributed by atoms with E-state index in [1.165, 1.54) is 0 Å². The number of rotatable bonds is 2. The fourth-order valence-corrected chi connectivity index (χ4v) is 1.28. The van der Waals surface area contributed by atoms with Crippen molar-refractivity contribution in [2.45, 2.75) is 19.8 Å². The predicted octanol–water partition coefficient (Wildman–Crippen LogP) is 2.80. The maximum Gasteiger partial charge on any atom is 0.122 e. The SMILES string of the molecule is C#Cc1ccc(OC)c(C(C)C)c1. The van der Waals surface area contributed by atoms with Gasteiger partial charge in [0.05, 0.1) is 7.11 Å². The molecule has 1 nitrogen and oxygen atoms in total. The first kappa shape index (κ1) is 9.67. The van der Waals surface area contributed by atoms with Gasteiger partial charge in [-0.2, -0.15) is 0 Å². The van der Waals surface area contributed by atoms with E-state index in [1.807, 2.05) is 18.2 Å². The third-order valence-corrected chi connectivity index (χ3v) is 2.02. The molecular weight excluding hydrogens is 160 g/mol. The van der Waals surface area contributed by atoms with Gasteiger partial charge in [-0.25, -0.2) is 0 Å². The van der Waals surface area contributed by atoms with E-state index >= 15 is 0 Å². The summed E-state index contributed by atoms with van der Waals surface area (Å²) in [6.45, 7) is 4.25. The van der Waals surface area contributed by atoms with Crippen LogP contribution in [0.5, 0.6) is 5.75 Å². The second-order valence-electron chi connectivity index (χ2n) is 3.26. The van der Waals surface area contributed by atoms with Gasteiger partial charge in [-0.3, -0.25) is 0 Å². The van der Waals surface area contributed by atoms with Gasteiger partial charge >= 0.3 is 0 Å². The van der Waals surface area contributed by atoms with Gasteiger partial charge in [-0.05, 0) is 29.7 Å². The van der Waals surface area contributed by atoms with Gasteiger partial charge in [-0.15, -0.1) is 6.42 Å². The van der Waals surface area contributed by atoms with Crippen molar-refractivity contribution in [3.05, 3.63) is 29.3 Å². The van der Waals surface area contributed by atoms with Crippen LogP contribution < -0.4 is 4.74 Å². The highest BCUT2D eigenvalue weighted by atomic mass is 16.5. The summed E-state index contributed by atoms with van der Waals surface area (Å²) in [7, 11) is 1.68. The van der Waals surface area contributed by atoms with Gasteiger partial charge in [0.25, 0.3) is 0 Å². The van der Waals surface area contributed by atoms with Crippen LogP contribution in [0.3, 0.4) is 0 Å². The largest absolute Gasteiger partial charge is 0.496 e. The maximum atomic E-state index is 5.32. The van der Waals surface area contributed by atoms with Gasteiger partial charge in [0.2, 0.25) is 0 Å². The van der Waals surface area contributed by atoms with Gasteiger partial charge in [0.1, 0.15) is 5.75 Å². The average molecular weight is 174 g/mol. The lowest BCUT2D eigenvalue weighted by atomic mass is 10.00. The molecule has 0 aliphatic heterocycles. The molecule has 1 heteroatoms. The Kier molecular flexibility index (Phi) is 2.97. The quantitative estimate of drug-likeness (QED) is 0.626. The molecule has 0 unspecified atom stereocenters. The molecule has 0 saturated carbocycles. The molecule has 0 atom stereocenters. The van der Waals surface area contributed by atoms with Crippen LogP contribution in [0.25, 0.3) is 0 Å². The molecule has 0 N–H and O–H groups in total. The van der Waals surface area contributed by atoms with Crippen molar-refractivity contribution in [2.75, 3.05) is 7.11 Å². The normalized spacial score (nSPS) is 9.77. The molecule has 1 rings (SSSR count). The van der Waals surface area contributed by atoms with Gasteiger partial charge < -0.3 is 4.74 Å². The number of methoxy groups -OCH3 is 1. The Labute approximate surface area is 79.7 Å². The molecule has 68 valence electrons. The first-order valence-electron chi connectivity index (χ1n) is 4.33. The molecule has 0 aliphatic carbocycles. The van der Waals surface area contributed by atoms with E-state index in [4.69, 9.17) is 11.2 Å². The molecule has 0 bridgehead atoms.